The maximum absolute atomic E-state index is 12.3. The maximum atomic E-state index is 12.3. The molecule has 0 atom stereocenters. The molecule has 0 unspecified atom stereocenters. The van der Waals surface area contributed by atoms with Gasteiger partial charge in [-0.15, -0.1) is 0 Å². The van der Waals surface area contributed by atoms with Crippen LogP contribution in [0.5, 0.6) is 5.75 Å². The molecular weight excluding hydrogens is 264 g/mol. The second kappa shape index (κ2) is 5.71. The third-order valence-corrected chi connectivity index (χ3v) is 2.89. The van der Waals surface area contributed by atoms with Gasteiger partial charge in [-0.2, -0.15) is 0 Å². The summed E-state index contributed by atoms with van der Waals surface area (Å²) in [5.41, 5.74) is 1.03. The van der Waals surface area contributed by atoms with Gasteiger partial charge in [0.05, 0.1) is 7.11 Å². The van der Waals surface area contributed by atoms with Crippen molar-refractivity contribution in [3.05, 3.63) is 53.3 Å². The third-order valence-electron chi connectivity index (χ3n) is 2.68. The number of aromatic nitrogens is 1. The topological polar surface area (TPSA) is 42.4 Å². The van der Waals surface area contributed by atoms with Crippen LogP contribution in [0.3, 0.4) is 0 Å². The van der Waals surface area contributed by atoms with Gasteiger partial charge in [0.25, 0.3) is 5.91 Å². The third kappa shape index (κ3) is 3.03. The van der Waals surface area contributed by atoms with Crippen molar-refractivity contribution in [3.63, 3.8) is 0 Å². The lowest BCUT2D eigenvalue weighted by molar-refractivity contribution is 0.0988. The number of halogens is 1. The van der Waals surface area contributed by atoms with Gasteiger partial charge in [0.2, 0.25) is 0 Å². The molecule has 2 aromatic rings. The highest BCUT2D eigenvalue weighted by atomic mass is 35.5. The number of carbonyl (C=O) groups excluding carboxylic acids is 1. The van der Waals surface area contributed by atoms with E-state index in [2.05, 4.69) is 4.98 Å². The number of hydrogen-bond acceptors (Lipinski definition) is 3. The summed E-state index contributed by atoms with van der Waals surface area (Å²) in [7, 11) is 3.26. The largest absolute Gasteiger partial charge is 0.497 e. The summed E-state index contributed by atoms with van der Waals surface area (Å²) in [6.07, 6.45) is 0. The first-order valence-electron chi connectivity index (χ1n) is 5.66. The van der Waals surface area contributed by atoms with Gasteiger partial charge in [0.15, 0.2) is 0 Å². The van der Waals surface area contributed by atoms with Crippen molar-refractivity contribution >= 4 is 23.2 Å². The van der Waals surface area contributed by atoms with E-state index in [0.717, 1.165) is 5.69 Å². The highest BCUT2D eigenvalue weighted by Gasteiger charge is 2.15. The molecule has 1 amide bonds. The summed E-state index contributed by atoms with van der Waals surface area (Å²) in [4.78, 5) is 17.8. The van der Waals surface area contributed by atoms with E-state index >= 15 is 0 Å². The number of rotatable bonds is 3. The minimum Gasteiger partial charge on any atom is -0.497 e. The van der Waals surface area contributed by atoms with Crippen molar-refractivity contribution in [3.8, 4) is 5.75 Å². The van der Waals surface area contributed by atoms with Crippen molar-refractivity contribution in [1.82, 2.24) is 4.98 Å². The first-order valence-corrected chi connectivity index (χ1v) is 6.04. The van der Waals surface area contributed by atoms with E-state index in [1.807, 2.05) is 18.2 Å². The molecule has 0 aliphatic carbocycles. The molecule has 0 aliphatic heterocycles. The van der Waals surface area contributed by atoms with E-state index in [1.54, 1.807) is 38.4 Å². The maximum Gasteiger partial charge on any atom is 0.276 e. The summed E-state index contributed by atoms with van der Waals surface area (Å²) in [5.74, 6) is 0.465. The lowest BCUT2D eigenvalue weighted by atomic mass is 10.2. The molecule has 2 rings (SSSR count). The van der Waals surface area contributed by atoms with Crippen LogP contribution in [0.15, 0.2) is 42.5 Å². The fourth-order valence-electron chi connectivity index (χ4n) is 1.64. The Kier molecular flexibility index (Phi) is 4.02. The first kappa shape index (κ1) is 13.4. The number of methoxy groups -OCH3 is 1. The van der Waals surface area contributed by atoms with Gasteiger partial charge in [0.1, 0.15) is 16.6 Å². The van der Waals surface area contributed by atoms with Gasteiger partial charge in [-0.25, -0.2) is 4.98 Å². The van der Waals surface area contributed by atoms with Crippen LogP contribution in [0, 0.1) is 0 Å². The number of pyridine rings is 1. The Morgan fingerprint density at radius 1 is 1.26 bits per heavy atom. The molecular formula is C14H13ClN2O2. The number of amides is 1. The average molecular weight is 277 g/mol. The molecule has 4 nitrogen and oxygen atoms in total. The van der Waals surface area contributed by atoms with E-state index in [-0.39, 0.29) is 5.91 Å². The smallest absolute Gasteiger partial charge is 0.276 e. The summed E-state index contributed by atoms with van der Waals surface area (Å²) in [5, 5.41) is 0.296. The van der Waals surface area contributed by atoms with Crippen LogP contribution >= 0.6 is 11.6 Å². The van der Waals surface area contributed by atoms with Gasteiger partial charge in [-0.05, 0) is 24.3 Å². The predicted molar refractivity (Wildman–Crippen MR) is 75.0 cm³/mol. The minimum atomic E-state index is -0.226. The second-order valence-electron chi connectivity index (χ2n) is 3.91. The summed E-state index contributed by atoms with van der Waals surface area (Å²) >= 11 is 5.79. The van der Waals surface area contributed by atoms with E-state index in [1.165, 1.54) is 4.90 Å². The summed E-state index contributed by atoms with van der Waals surface area (Å²) in [6.45, 7) is 0. The average Bonchev–Trinajstić information content (AvgIpc) is 2.45. The molecule has 0 aliphatic rings. The SMILES string of the molecule is COc1cccc(N(C)C(=O)c2cccc(Cl)n2)c1. The van der Waals surface area contributed by atoms with Crippen LogP contribution in [0.2, 0.25) is 5.15 Å². The zero-order valence-corrected chi connectivity index (χ0v) is 11.4. The molecule has 0 fully saturated rings. The van der Waals surface area contributed by atoms with Crippen LogP contribution in [0.1, 0.15) is 10.5 Å². The van der Waals surface area contributed by atoms with Crippen LogP contribution in [-0.2, 0) is 0 Å². The van der Waals surface area contributed by atoms with Gasteiger partial charge in [-0.3, -0.25) is 4.79 Å². The Balaban J connectivity index is 2.28. The highest BCUT2D eigenvalue weighted by Crippen LogP contribution is 2.21. The predicted octanol–water partition coefficient (Wildman–Crippen LogP) is 3.02. The molecule has 1 heterocycles. The number of anilines is 1. The number of nitrogens with zero attached hydrogens (tertiary/aromatic N) is 2. The second-order valence-corrected chi connectivity index (χ2v) is 4.30. The Labute approximate surface area is 116 Å². The Morgan fingerprint density at radius 3 is 2.68 bits per heavy atom. The molecule has 0 saturated carbocycles. The van der Waals surface area contributed by atoms with Crippen molar-refractivity contribution in [2.45, 2.75) is 0 Å². The molecule has 0 spiro atoms. The fourth-order valence-corrected chi connectivity index (χ4v) is 1.80. The summed E-state index contributed by atoms with van der Waals surface area (Å²) < 4.78 is 5.13. The van der Waals surface area contributed by atoms with E-state index in [0.29, 0.717) is 16.6 Å². The van der Waals surface area contributed by atoms with E-state index in [9.17, 15) is 4.79 Å². The molecule has 19 heavy (non-hydrogen) atoms. The monoisotopic (exact) mass is 276 g/mol. The van der Waals surface area contributed by atoms with Crippen LogP contribution in [0.25, 0.3) is 0 Å². The molecule has 1 aromatic heterocycles. The van der Waals surface area contributed by atoms with Gasteiger partial charge in [-0.1, -0.05) is 23.7 Å². The minimum absolute atomic E-state index is 0.226. The quantitative estimate of drug-likeness (QED) is 0.809. The molecule has 98 valence electrons. The van der Waals surface area contributed by atoms with Gasteiger partial charge >= 0.3 is 0 Å². The van der Waals surface area contributed by atoms with Crippen LogP contribution in [0.4, 0.5) is 5.69 Å². The number of benzene rings is 1. The number of hydrogen-bond donors (Lipinski definition) is 0. The fraction of sp³-hybridized carbons (Fsp3) is 0.143. The Morgan fingerprint density at radius 2 is 2.00 bits per heavy atom. The molecule has 0 radical (unpaired) electrons. The lowest BCUT2D eigenvalue weighted by Gasteiger charge is -2.17. The number of ether oxygens (including phenoxy) is 1. The van der Waals surface area contributed by atoms with Gasteiger partial charge in [0, 0.05) is 18.8 Å². The van der Waals surface area contributed by atoms with Crippen LogP contribution < -0.4 is 9.64 Å². The highest BCUT2D eigenvalue weighted by molar-refractivity contribution is 6.29. The first-order chi connectivity index (χ1) is 9.11. The van der Waals surface area contributed by atoms with Crippen molar-refractivity contribution in [2.75, 3.05) is 19.1 Å². The van der Waals surface area contributed by atoms with Crippen molar-refractivity contribution in [2.24, 2.45) is 0 Å². The zero-order chi connectivity index (χ0) is 13.8. The van der Waals surface area contributed by atoms with Crippen LogP contribution in [-0.4, -0.2) is 25.0 Å². The Bertz CT molecular complexity index is 602. The normalized spacial score (nSPS) is 10.1. The molecule has 0 N–H and O–H groups in total. The molecule has 1 aromatic carbocycles. The zero-order valence-electron chi connectivity index (χ0n) is 10.6. The Hall–Kier alpha value is -2.07. The van der Waals surface area contributed by atoms with Crippen molar-refractivity contribution < 1.29 is 9.53 Å². The molecule has 0 bridgehead atoms. The van der Waals surface area contributed by atoms with Gasteiger partial charge < -0.3 is 9.64 Å². The molecule has 5 heteroatoms. The molecule has 0 saturated heterocycles. The lowest BCUT2D eigenvalue weighted by Crippen LogP contribution is -2.27. The number of carbonyl (C=O) groups is 1. The van der Waals surface area contributed by atoms with Crippen molar-refractivity contribution in [1.29, 1.82) is 0 Å². The standard InChI is InChI=1S/C14H13ClN2O2/c1-17(10-5-3-6-11(9-10)19-2)14(18)12-7-4-8-13(15)16-12/h3-9H,1-2H3. The van der Waals surface area contributed by atoms with E-state index in [4.69, 9.17) is 16.3 Å². The summed E-state index contributed by atoms with van der Waals surface area (Å²) in [6, 6.07) is 12.2. The van der Waals surface area contributed by atoms with E-state index < -0.39 is 0 Å².